The lowest BCUT2D eigenvalue weighted by Gasteiger charge is -2.08. The van der Waals surface area contributed by atoms with Gasteiger partial charge in [-0.3, -0.25) is 4.79 Å². The molecule has 0 aliphatic heterocycles. The number of hydrogen-bond donors (Lipinski definition) is 2. The molecule has 0 saturated carbocycles. The van der Waals surface area contributed by atoms with Gasteiger partial charge < -0.3 is 15.0 Å². The molecule has 0 amide bonds. The summed E-state index contributed by atoms with van der Waals surface area (Å²) in [5.41, 5.74) is 0.627. The zero-order valence-corrected chi connectivity index (χ0v) is 11.3. The van der Waals surface area contributed by atoms with E-state index in [1.807, 2.05) is 32.0 Å². The third-order valence-electron chi connectivity index (χ3n) is 2.68. The third kappa shape index (κ3) is 3.87. The van der Waals surface area contributed by atoms with Gasteiger partial charge in [0.2, 0.25) is 0 Å². The van der Waals surface area contributed by atoms with Gasteiger partial charge in [0.1, 0.15) is 5.82 Å². The zero-order valence-electron chi connectivity index (χ0n) is 11.3. The number of aromatic nitrogens is 2. The monoisotopic (exact) mass is 261 g/mol. The summed E-state index contributed by atoms with van der Waals surface area (Å²) in [6, 6.07) is 7.33. The van der Waals surface area contributed by atoms with E-state index in [4.69, 9.17) is 4.74 Å². The van der Waals surface area contributed by atoms with Gasteiger partial charge in [-0.15, -0.1) is 0 Å². The number of nitrogens with one attached hydrogen (secondary N) is 2. The molecule has 102 valence electrons. The molecule has 0 unspecified atom stereocenters. The van der Waals surface area contributed by atoms with E-state index in [1.54, 1.807) is 6.07 Å². The van der Waals surface area contributed by atoms with Crippen molar-refractivity contribution in [2.45, 2.75) is 26.5 Å². The minimum absolute atomic E-state index is 0.0965. The van der Waals surface area contributed by atoms with Crippen molar-refractivity contribution in [3.63, 3.8) is 0 Å². The van der Waals surface area contributed by atoms with E-state index in [0.29, 0.717) is 24.4 Å². The first kappa shape index (κ1) is 13.7. The maximum Gasteiger partial charge on any atom is 0.258 e. The predicted octanol–water partition coefficient (Wildman–Crippen LogP) is 1.44. The van der Waals surface area contributed by atoms with Crippen LogP contribution in [-0.2, 0) is 11.3 Å². The van der Waals surface area contributed by atoms with Crippen molar-refractivity contribution in [3.8, 4) is 0 Å². The molecule has 0 spiro atoms. The first-order chi connectivity index (χ1) is 9.16. The number of fused-ring (bicyclic) bond motifs is 1. The molecule has 1 aromatic heterocycles. The number of para-hydroxylation sites is 1. The molecule has 0 fully saturated rings. The molecule has 0 aliphatic rings. The van der Waals surface area contributed by atoms with Crippen LogP contribution in [0, 0.1) is 0 Å². The lowest BCUT2D eigenvalue weighted by molar-refractivity contribution is 0.0806. The van der Waals surface area contributed by atoms with Crippen molar-refractivity contribution in [2.75, 3.05) is 13.2 Å². The number of H-pyrrole nitrogens is 1. The molecular formula is C14H19N3O2. The molecular weight excluding hydrogens is 242 g/mol. The normalized spacial score (nSPS) is 11.3. The predicted molar refractivity (Wildman–Crippen MR) is 75.2 cm³/mol. The Labute approximate surface area is 112 Å². The number of benzene rings is 1. The zero-order chi connectivity index (χ0) is 13.7. The molecule has 0 saturated heterocycles. The average Bonchev–Trinajstić information content (AvgIpc) is 2.38. The molecule has 5 heteroatoms. The van der Waals surface area contributed by atoms with Crippen LogP contribution in [0.15, 0.2) is 29.1 Å². The van der Waals surface area contributed by atoms with E-state index < -0.39 is 0 Å². The Kier molecular flexibility index (Phi) is 4.65. The van der Waals surface area contributed by atoms with Crippen molar-refractivity contribution in [1.29, 1.82) is 0 Å². The quantitative estimate of drug-likeness (QED) is 0.772. The summed E-state index contributed by atoms with van der Waals surface area (Å²) >= 11 is 0. The average molecular weight is 261 g/mol. The Morgan fingerprint density at radius 1 is 1.37 bits per heavy atom. The van der Waals surface area contributed by atoms with Gasteiger partial charge in [-0.25, -0.2) is 4.98 Å². The summed E-state index contributed by atoms with van der Waals surface area (Å²) in [5, 5.41) is 3.81. The number of nitrogens with zero attached hydrogens (tertiary/aromatic N) is 1. The Morgan fingerprint density at radius 2 is 2.16 bits per heavy atom. The number of ether oxygens (including phenoxy) is 1. The minimum atomic E-state index is -0.0965. The van der Waals surface area contributed by atoms with Crippen LogP contribution in [0.3, 0.4) is 0 Å². The van der Waals surface area contributed by atoms with Crippen LogP contribution >= 0.6 is 0 Å². The van der Waals surface area contributed by atoms with Crippen LogP contribution in [0.1, 0.15) is 19.7 Å². The van der Waals surface area contributed by atoms with Gasteiger partial charge in [-0.2, -0.15) is 0 Å². The topological polar surface area (TPSA) is 67.0 Å². The Morgan fingerprint density at radius 3 is 2.95 bits per heavy atom. The van der Waals surface area contributed by atoms with E-state index in [2.05, 4.69) is 15.3 Å². The molecule has 1 heterocycles. The van der Waals surface area contributed by atoms with Gasteiger partial charge in [-0.1, -0.05) is 12.1 Å². The highest BCUT2D eigenvalue weighted by atomic mass is 16.5. The Balaban J connectivity index is 1.96. The second-order valence-corrected chi connectivity index (χ2v) is 4.63. The number of rotatable bonds is 6. The third-order valence-corrected chi connectivity index (χ3v) is 2.68. The summed E-state index contributed by atoms with van der Waals surface area (Å²) in [7, 11) is 0. The number of hydrogen-bond acceptors (Lipinski definition) is 4. The molecule has 0 aliphatic carbocycles. The molecule has 19 heavy (non-hydrogen) atoms. The highest BCUT2D eigenvalue weighted by Gasteiger charge is 2.02. The molecule has 5 nitrogen and oxygen atoms in total. The van der Waals surface area contributed by atoms with Gasteiger partial charge in [0.05, 0.1) is 30.2 Å². The van der Waals surface area contributed by atoms with Gasteiger partial charge >= 0.3 is 0 Å². The highest BCUT2D eigenvalue weighted by molar-refractivity contribution is 5.77. The molecule has 2 aromatic rings. The first-order valence-electron chi connectivity index (χ1n) is 6.47. The molecule has 1 aromatic carbocycles. The van der Waals surface area contributed by atoms with Crippen molar-refractivity contribution in [3.05, 3.63) is 40.4 Å². The van der Waals surface area contributed by atoms with E-state index in [1.165, 1.54) is 0 Å². The molecule has 2 N–H and O–H groups in total. The van der Waals surface area contributed by atoms with Crippen LogP contribution in [0.4, 0.5) is 0 Å². The van der Waals surface area contributed by atoms with Crippen molar-refractivity contribution < 1.29 is 4.74 Å². The first-order valence-corrected chi connectivity index (χ1v) is 6.47. The van der Waals surface area contributed by atoms with Gasteiger partial charge in [0, 0.05) is 6.54 Å². The lowest BCUT2D eigenvalue weighted by atomic mass is 10.2. The van der Waals surface area contributed by atoms with Crippen molar-refractivity contribution in [2.24, 2.45) is 0 Å². The lowest BCUT2D eigenvalue weighted by Crippen LogP contribution is -2.23. The van der Waals surface area contributed by atoms with Crippen molar-refractivity contribution >= 4 is 10.9 Å². The largest absolute Gasteiger partial charge is 0.377 e. The van der Waals surface area contributed by atoms with E-state index in [0.717, 1.165) is 12.1 Å². The highest BCUT2D eigenvalue weighted by Crippen LogP contribution is 2.05. The molecule has 2 rings (SSSR count). The SMILES string of the molecule is CC(C)OCCNCc1nc2ccccc2c(=O)[nH]1. The standard InChI is InChI=1S/C14H19N3O2/c1-10(2)19-8-7-15-9-13-16-12-6-4-3-5-11(12)14(18)17-13/h3-6,10,15H,7-9H2,1-2H3,(H,16,17,18). The van der Waals surface area contributed by atoms with Crippen LogP contribution < -0.4 is 10.9 Å². The maximum absolute atomic E-state index is 11.8. The van der Waals surface area contributed by atoms with Gasteiger partial charge in [0.15, 0.2) is 0 Å². The summed E-state index contributed by atoms with van der Waals surface area (Å²) in [6.07, 6.45) is 0.236. The molecule has 0 atom stereocenters. The minimum Gasteiger partial charge on any atom is -0.377 e. The van der Waals surface area contributed by atoms with Crippen LogP contribution in [0.25, 0.3) is 10.9 Å². The van der Waals surface area contributed by atoms with Gasteiger partial charge in [0.25, 0.3) is 5.56 Å². The summed E-state index contributed by atoms with van der Waals surface area (Å²) in [6.45, 7) is 5.91. The van der Waals surface area contributed by atoms with Gasteiger partial charge in [-0.05, 0) is 26.0 Å². The van der Waals surface area contributed by atoms with E-state index >= 15 is 0 Å². The number of aromatic amines is 1. The summed E-state index contributed by atoms with van der Waals surface area (Å²) in [5.74, 6) is 0.647. The van der Waals surface area contributed by atoms with Crippen LogP contribution in [0.5, 0.6) is 0 Å². The fourth-order valence-electron chi connectivity index (χ4n) is 1.79. The van der Waals surface area contributed by atoms with E-state index in [-0.39, 0.29) is 11.7 Å². The summed E-state index contributed by atoms with van der Waals surface area (Å²) < 4.78 is 5.42. The second kappa shape index (κ2) is 6.45. The van der Waals surface area contributed by atoms with E-state index in [9.17, 15) is 4.79 Å². The fourth-order valence-corrected chi connectivity index (χ4v) is 1.79. The fraction of sp³-hybridized carbons (Fsp3) is 0.429. The Bertz CT molecular complexity index is 593. The van der Waals surface area contributed by atoms with Crippen LogP contribution in [-0.4, -0.2) is 29.2 Å². The maximum atomic E-state index is 11.8. The second-order valence-electron chi connectivity index (χ2n) is 4.63. The van der Waals surface area contributed by atoms with Crippen LogP contribution in [0.2, 0.25) is 0 Å². The Hall–Kier alpha value is -1.72. The molecule has 0 radical (unpaired) electrons. The van der Waals surface area contributed by atoms with Crippen molar-refractivity contribution in [1.82, 2.24) is 15.3 Å². The smallest absolute Gasteiger partial charge is 0.258 e. The summed E-state index contributed by atoms with van der Waals surface area (Å²) in [4.78, 5) is 19.0. The molecule has 0 bridgehead atoms.